The van der Waals surface area contributed by atoms with Crippen LogP contribution < -0.4 is 10.6 Å². The Morgan fingerprint density at radius 1 is 1.25 bits per heavy atom. The van der Waals surface area contributed by atoms with Crippen molar-refractivity contribution in [1.82, 2.24) is 15.5 Å². The van der Waals surface area contributed by atoms with Gasteiger partial charge in [0.1, 0.15) is 0 Å². The van der Waals surface area contributed by atoms with E-state index in [4.69, 9.17) is 0 Å². The standard InChI is InChI=1S/C12H27N3O/c1-9(8-15(6)7)13-10(2)11(16)14-12(3,4)5/h9-10,13H,8H2,1-7H3,(H,14,16). The molecule has 0 rings (SSSR count). The maximum Gasteiger partial charge on any atom is 0.237 e. The molecule has 0 aromatic heterocycles. The monoisotopic (exact) mass is 229 g/mol. The number of amides is 1. The molecule has 2 unspecified atom stereocenters. The number of nitrogens with zero attached hydrogens (tertiary/aromatic N) is 1. The summed E-state index contributed by atoms with van der Waals surface area (Å²) in [6.45, 7) is 10.9. The van der Waals surface area contributed by atoms with Crippen LogP contribution in [0.4, 0.5) is 0 Å². The highest BCUT2D eigenvalue weighted by Crippen LogP contribution is 2.00. The summed E-state index contributed by atoms with van der Waals surface area (Å²) in [6, 6.07) is 0.143. The van der Waals surface area contributed by atoms with Crippen molar-refractivity contribution >= 4 is 5.91 Å². The van der Waals surface area contributed by atoms with Gasteiger partial charge < -0.3 is 15.5 Å². The van der Waals surface area contributed by atoms with Crippen molar-refractivity contribution in [2.24, 2.45) is 0 Å². The number of nitrogens with one attached hydrogen (secondary N) is 2. The number of carbonyl (C=O) groups is 1. The van der Waals surface area contributed by atoms with Crippen LogP contribution >= 0.6 is 0 Å². The Morgan fingerprint density at radius 2 is 1.75 bits per heavy atom. The van der Waals surface area contributed by atoms with Crippen molar-refractivity contribution < 1.29 is 4.79 Å². The Hall–Kier alpha value is -0.610. The lowest BCUT2D eigenvalue weighted by molar-refractivity contribution is -0.124. The SMILES string of the molecule is CC(CN(C)C)NC(C)C(=O)NC(C)(C)C. The first kappa shape index (κ1) is 15.4. The van der Waals surface area contributed by atoms with Crippen LogP contribution in [-0.2, 0) is 4.79 Å². The van der Waals surface area contributed by atoms with Gasteiger partial charge in [0.15, 0.2) is 0 Å². The van der Waals surface area contributed by atoms with Gasteiger partial charge in [0.25, 0.3) is 0 Å². The van der Waals surface area contributed by atoms with Gasteiger partial charge in [-0.15, -0.1) is 0 Å². The lowest BCUT2D eigenvalue weighted by Crippen LogP contribution is -2.52. The third kappa shape index (κ3) is 7.65. The van der Waals surface area contributed by atoms with Crippen molar-refractivity contribution in [2.45, 2.75) is 52.2 Å². The zero-order chi connectivity index (χ0) is 12.9. The van der Waals surface area contributed by atoms with E-state index in [1.165, 1.54) is 0 Å². The Bertz CT molecular complexity index is 221. The van der Waals surface area contributed by atoms with Crippen molar-refractivity contribution in [3.05, 3.63) is 0 Å². The van der Waals surface area contributed by atoms with E-state index < -0.39 is 0 Å². The second-order valence-electron chi connectivity index (χ2n) is 5.79. The van der Waals surface area contributed by atoms with Crippen LogP contribution in [0.15, 0.2) is 0 Å². The van der Waals surface area contributed by atoms with Crippen LogP contribution in [0.2, 0.25) is 0 Å². The third-order valence-corrected chi connectivity index (χ3v) is 2.07. The zero-order valence-corrected chi connectivity index (χ0v) is 11.7. The van der Waals surface area contributed by atoms with Crippen molar-refractivity contribution in [3.8, 4) is 0 Å². The fraction of sp³-hybridized carbons (Fsp3) is 0.917. The van der Waals surface area contributed by atoms with Crippen molar-refractivity contribution in [2.75, 3.05) is 20.6 Å². The molecule has 0 heterocycles. The highest BCUT2D eigenvalue weighted by molar-refractivity contribution is 5.81. The van der Waals surface area contributed by atoms with Gasteiger partial charge in [0.05, 0.1) is 6.04 Å². The Balaban J connectivity index is 4.05. The molecule has 0 aliphatic rings. The molecule has 0 radical (unpaired) electrons. The minimum absolute atomic E-state index is 0.0538. The Morgan fingerprint density at radius 3 is 2.12 bits per heavy atom. The fourth-order valence-corrected chi connectivity index (χ4v) is 1.58. The van der Waals surface area contributed by atoms with Gasteiger partial charge >= 0.3 is 0 Å². The van der Waals surface area contributed by atoms with Crippen molar-refractivity contribution in [1.29, 1.82) is 0 Å². The number of hydrogen-bond donors (Lipinski definition) is 2. The Labute approximate surface area is 99.8 Å². The molecule has 2 N–H and O–H groups in total. The summed E-state index contributed by atoms with van der Waals surface area (Å²) in [6.07, 6.45) is 0. The number of carbonyl (C=O) groups excluding carboxylic acids is 1. The molecule has 16 heavy (non-hydrogen) atoms. The molecular weight excluding hydrogens is 202 g/mol. The molecule has 0 saturated heterocycles. The van der Waals surface area contributed by atoms with E-state index in [1.807, 2.05) is 41.8 Å². The van der Waals surface area contributed by atoms with E-state index in [2.05, 4.69) is 22.5 Å². The first-order valence-electron chi connectivity index (χ1n) is 5.84. The van der Waals surface area contributed by atoms with Gasteiger partial charge in [-0.1, -0.05) is 0 Å². The molecular formula is C12H27N3O. The fourth-order valence-electron chi connectivity index (χ4n) is 1.58. The summed E-state index contributed by atoms with van der Waals surface area (Å²) < 4.78 is 0. The smallest absolute Gasteiger partial charge is 0.237 e. The van der Waals surface area contributed by atoms with Crippen LogP contribution in [0.5, 0.6) is 0 Å². The number of rotatable bonds is 5. The van der Waals surface area contributed by atoms with Crippen LogP contribution in [0.3, 0.4) is 0 Å². The van der Waals surface area contributed by atoms with Crippen LogP contribution in [0.25, 0.3) is 0 Å². The number of likely N-dealkylation sites (N-methyl/N-ethyl adjacent to an activating group) is 1. The summed E-state index contributed by atoms with van der Waals surface area (Å²) in [4.78, 5) is 13.9. The van der Waals surface area contributed by atoms with Crippen LogP contribution in [0, 0.1) is 0 Å². The minimum Gasteiger partial charge on any atom is -0.350 e. The summed E-state index contributed by atoms with van der Waals surface area (Å²) in [5.41, 5.74) is -0.169. The first-order valence-corrected chi connectivity index (χ1v) is 5.84. The van der Waals surface area contributed by atoms with Gasteiger partial charge in [-0.3, -0.25) is 4.79 Å². The largest absolute Gasteiger partial charge is 0.350 e. The normalized spacial score (nSPS) is 16.0. The second kappa shape index (κ2) is 6.21. The van der Waals surface area contributed by atoms with Gasteiger partial charge in [-0.05, 0) is 48.7 Å². The van der Waals surface area contributed by atoms with Gasteiger partial charge in [-0.2, -0.15) is 0 Å². The van der Waals surface area contributed by atoms with E-state index in [-0.39, 0.29) is 17.5 Å². The third-order valence-electron chi connectivity index (χ3n) is 2.07. The van der Waals surface area contributed by atoms with E-state index in [9.17, 15) is 4.79 Å². The topological polar surface area (TPSA) is 44.4 Å². The van der Waals surface area contributed by atoms with Gasteiger partial charge in [0.2, 0.25) is 5.91 Å². The molecule has 0 spiro atoms. The molecule has 96 valence electrons. The van der Waals surface area contributed by atoms with Crippen LogP contribution in [-0.4, -0.2) is 49.1 Å². The summed E-state index contributed by atoms with van der Waals surface area (Å²) >= 11 is 0. The summed E-state index contributed by atoms with van der Waals surface area (Å²) in [7, 11) is 4.05. The highest BCUT2D eigenvalue weighted by Gasteiger charge is 2.20. The molecule has 2 atom stereocenters. The van der Waals surface area contributed by atoms with Gasteiger partial charge in [-0.25, -0.2) is 0 Å². The maximum atomic E-state index is 11.8. The van der Waals surface area contributed by atoms with Crippen LogP contribution in [0.1, 0.15) is 34.6 Å². The number of hydrogen-bond acceptors (Lipinski definition) is 3. The van der Waals surface area contributed by atoms with E-state index in [1.54, 1.807) is 0 Å². The lowest BCUT2D eigenvalue weighted by atomic mass is 10.1. The predicted molar refractivity (Wildman–Crippen MR) is 68.5 cm³/mol. The quantitative estimate of drug-likeness (QED) is 0.734. The Kier molecular flexibility index (Phi) is 5.97. The van der Waals surface area contributed by atoms with E-state index in [0.29, 0.717) is 6.04 Å². The molecule has 0 fully saturated rings. The van der Waals surface area contributed by atoms with E-state index >= 15 is 0 Å². The molecule has 4 nitrogen and oxygen atoms in total. The minimum atomic E-state index is -0.169. The molecule has 0 bridgehead atoms. The van der Waals surface area contributed by atoms with Gasteiger partial charge in [0, 0.05) is 18.1 Å². The average molecular weight is 229 g/mol. The molecule has 1 amide bonds. The molecule has 4 heteroatoms. The molecule has 0 aliphatic heterocycles. The molecule has 0 aliphatic carbocycles. The second-order valence-corrected chi connectivity index (χ2v) is 5.79. The predicted octanol–water partition coefficient (Wildman–Crippen LogP) is 0.829. The molecule has 0 aromatic rings. The van der Waals surface area contributed by atoms with E-state index in [0.717, 1.165) is 6.54 Å². The average Bonchev–Trinajstić information content (AvgIpc) is 1.98. The maximum absolute atomic E-state index is 11.8. The first-order chi connectivity index (χ1) is 7.11. The van der Waals surface area contributed by atoms with Crippen molar-refractivity contribution in [3.63, 3.8) is 0 Å². The molecule has 0 aromatic carbocycles. The molecule has 0 saturated carbocycles. The zero-order valence-electron chi connectivity index (χ0n) is 11.7. The lowest BCUT2D eigenvalue weighted by Gasteiger charge is -2.26. The summed E-state index contributed by atoms with van der Waals surface area (Å²) in [5.74, 6) is 0.0538. The highest BCUT2D eigenvalue weighted by atomic mass is 16.2. The summed E-state index contributed by atoms with van der Waals surface area (Å²) in [5, 5.41) is 6.24.